The minimum atomic E-state index is -0.388. The molecule has 4 heteroatoms. The second-order valence-corrected chi connectivity index (χ2v) is 3.10. The van der Waals surface area contributed by atoms with Gasteiger partial charge in [-0.25, -0.2) is 4.39 Å². The molecule has 70 valence electrons. The maximum absolute atomic E-state index is 13.3. The van der Waals surface area contributed by atoms with E-state index in [0.717, 1.165) is 0 Å². The summed E-state index contributed by atoms with van der Waals surface area (Å²) in [5.74, 6) is -0.388. The molecule has 0 amide bonds. The van der Waals surface area contributed by atoms with Crippen molar-refractivity contribution in [1.82, 2.24) is 9.97 Å². The molecule has 0 atom stereocenters. The molecule has 0 fully saturated rings. The molecule has 2 heterocycles. The summed E-state index contributed by atoms with van der Waals surface area (Å²) in [6, 6.07) is 4.51. The third-order valence-electron chi connectivity index (χ3n) is 1.79. The Bertz CT molecular complexity index is 416. The van der Waals surface area contributed by atoms with Crippen LogP contribution < -0.4 is 0 Å². The van der Waals surface area contributed by atoms with E-state index < -0.39 is 0 Å². The van der Waals surface area contributed by atoms with Gasteiger partial charge in [0.2, 0.25) is 0 Å². The van der Waals surface area contributed by atoms with Crippen LogP contribution in [-0.2, 0) is 0 Å². The predicted molar refractivity (Wildman–Crippen MR) is 52.4 cm³/mol. The van der Waals surface area contributed by atoms with Crippen LogP contribution in [0.15, 0.2) is 36.8 Å². The molecule has 2 aromatic rings. The topological polar surface area (TPSA) is 25.8 Å². The summed E-state index contributed by atoms with van der Waals surface area (Å²) in [5.41, 5.74) is 0.805. The highest BCUT2D eigenvalue weighted by Crippen LogP contribution is 2.26. The molecule has 0 bridgehead atoms. The van der Waals surface area contributed by atoms with E-state index in [4.69, 9.17) is 11.6 Å². The molecular formula is C10H6ClFN2. The second-order valence-electron chi connectivity index (χ2n) is 2.69. The maximum atomic E-state index is 13.3. The molecule has 2 rings (SSSR count). The zero-order valence-electron chi connectivity index (χ0n) is 7.11. The number of aromatic nitrogens is 2. The molecule has 0 aliphatic rings. The molecule has 0 aliphatic heterocycles. The number of halogens is 2. The van der Waals surface area contributed by atoms with Crippen molar-refractivity contribution in [2.45, 2.75) is 0 Å². The second kappa shape index (κ2) is 3.72. The lowest BCUT2D eigenvalue weighted by atomic mass is 10.2. The Balaban J connectivity index is 2.61. The Kier molecular flexibility index (Phi) is 2.41. The van der Waals surface area contributed by atoms with E-state index in [1.807, 2.05) is 0 Å². The fraction of sp³-hybridized carbons (Fsp3) is 0. The molecule has 0 spiro atoms. The summed E-state index contributed by atoms with van der Waals surface area (Å²) >= 11 is 5.86. The van der Waals surface area contributed by atoms with Crippen LogP contribution in [-0.4, -0.2) is 9.97 Å². The van der Waals surface area contributed by atoms with E-state index >= 15 is 0 Å². The van der Waals surface area contributed by atoms with Gasteiger partial charge in [-0.05, 0) is 18.2 Å². The average molecular weight is 209 g/mol. The SMILES string of the molecule is Fc1cccnc1-c1ccncc1Cl. The zero-order valence-corrected chi connectivity index (χ0v) is 7.87. The summed E-state index contributed by atoms with van der Waals surface area (Å²) in [4.78, 5) is 7.74. The molecule has 0 unspecified atom stereocenters. The normalized spacial score (nSPS) is 10.1. The minimum Gasteiger partial charge on any atom is -0.263 e. The fourth-order valence-electron chi connectivity index (χ4n) is 1.15. The molecule has 0 N–H and O–H groups in total. The molecule has 0 aliphatic carbocycles. The number of hydrogen-bond acceptors (Lipinski definition) is 2. The van der Waals surface area contributed by atoms with Gasteiger partial charge in [-0.3, -0.25) is 9.97 Å². The monoisotopic (exact) mass is 208 g/mol. The van der Waals surface area contributed by atoms with Crippen molar-refractivity contribution in [2.75, 3.05) is 0 Å². The molecule has 0 saturated carbocycles. The molecule has 2 nitrogen and oxygen atoms in total. The average Bonchev–Trinajstić information content (AvgIpc) is 2.20. The van der Waals surface area contributed by atoms with Crippen LogP contribution in [0.2, 0.25) is 5.02 Å². The molecular weight excluding hydrogens is 203 g/mol. The van der Waals surface area contributed by atoms with Crippen molar-refractivity contribution >= 4 is 11.6 Å². The van der Waals surface area contributed by atoms with Crippen molar-refractivity contribution in [3.8, 4) is 11.3 Å². The highest BCUT2D eigenvalue weighted by molar-refractivity contribution is 6.33. The predicted octanol–water partition coefficient (Wildman–Crippen LogP) is 2.94. The first-order valence-electron chi connectivity index (χ1n) is 3.99. The van der Waals surface area contributed by atoms with Crippen LogP contribution in [0.25, 0.3) is 11.3 Å². The maximum Gasteiger partial charge on any atom is 0.149 e. The molecule has 0 saturated heterocycles. The van der Waals surface area contributed by atoms with Gasteiger partial charge in [0.05, 0.1) is 5.02 Å². The van der Waals surface area contributed by atoms with Crippen LogP contribution >= 0.6 is 11.6 Å². The Hall–Kier alpha value is -1.48. The third-order valence-corrected chi connectivity index (χ3v) is 2.09. The number of pyridine rings is 2. The summed E-state index contributed by atoms with van der Waals surface area (Å²) in [5, 5.41) is 0.394. The fourth-order valence-corrected chi connectivity index (χ4v) is 1.36. The van der Waals surface area contributed by atoms with Crippen molar-refractivity contribution in [3.63, 3.8) is 0 Å². The van der Waals surface area contributed by atoms with Crippen molar-refractivity contribution in [1.29, 1.82) is 0 Å². The Morgan fingerprint density at radius 2 is 2.07 bits per heavy atom. The highest BCUT2D eigenvalue weighted by Gasteiger charge is 2.08. The van der Waals surface area contributed by atoms with Gasteiger partial charge in [-0.15, -0.1) is 0 Å². The lowest BCUT2D eigenvalue weighted by Gasteiger charge is -2.02. The van der Waals surface area contributed by atoms with E-state index in [0.29, 0.717) is 10.6 Å². The van der Waals surface area contributed by atoms with Gasteiger partial charge in [-0.2, -0.15) is 0 Å². The Morgan fingerprint density at radius 1 is 1.21 bits per heavy atom. The van der Waals surface area contributed by atoms with Gasteiger partial charge in [0.15, 0.2) is 0 Å². The molecule has 0 radical (unpaired) electrons. The smallest absolute Gasteiger partial charge is 0.149 e. The van der Waals surface area contributed by atoms with Crippen LogP contribution in [0.5, 0.6) is 0 Å². The van der Waals surface area contributed by atoms with Gasteiger partial charge >= 0.3 is 0 Å². The van der Waals surface area contributed by atoms with E-state index in [9.17, 15) is 4.39 Å². The molecule has 14 heavy (non-hydrogen) atoms. The third kappa shape index (κ3) is 1.59. The zero-order chi connectivity index (χ0) is 9.97. The standard InChI is InChI=1S/C10H6ClFN2/c11-8-6-13-5-3-7(8)10-9(12)2-1-4-14-10/h1-6H. The van der Waals surface area contributed by atoms with Crippen LogP contribution in [0.3, 0.4) is 0 Å². The summed E-state index contributed by atoms with van der Waals surface area (Å²) < 4.78 is 13.3. The van der Waals surface area contributed by atoms with Crippen molar-refractivity contribution in [3.05, 3.63) is 47.6 Å². The van der Waals surface area contributed by atoms with Crippen LogP contribution in [0.4, 0.5) is 4.39 Å². The van der Waals surface area contributed by atoms with Crippen LogP contribution in [0.1, 0.15) is 0 Å². The van der Waals surface area contributed by atoms with Gasteiger partial charge in [-0.1, -0.05) is 11.6 Å². The first-order valence-corrected chi connectivity index (χ1v) is 4.37. The Labute approximate surface area is 85.4 Å². The lowest BCUT2D eigenvalue weighted by molar-refractivity contribution is 0.625. The van der Waals surface area contributed by atoms with E-state index in [1.165, 1.54) is 24.5 Å². The summed E-state index contributed by atoms with van der Waals surface area (Å²) in [6.45, 7) is 0. The van der Waals surface area contributed by atoms with E-state index in [1.54, 1.807) is 12.3 Å². The molecule has 0 aromatic carbocycles. The van der Waals surface area contributed by atoms with Crippen molar-refractivity contribution in [2.24, 2.45) is 0 Å². The van der Waals surface area contributed by atoms with E-state index in [-0.39, 0.29) is 11.5 Å². The van der Waals surface area contributed by atoms with Crippen LogP contribution in [0, 0.1) is 5.82 Å². The van der Waals surface area contributed by atoms with Gasteiger partial charge in [0.25, 0.3) is 0 Å². The minimum absolute atomic E-state index is 0.250. The molecule has 2 aromatic heterocycles. The number of nitrogens with zero attached hydrogens (tertiary/aromatic N) is 2. The lowest BCUT2D eigenvalue weighted by Crippen LogP contribution is -1.89. The summed E-state index contributed by atoms with van der Waals surface area (Å²) in [6.07, 6.45) is 4.54. The van der Waals surface area contributed by atoms with Crippen molar-refractivity contribution < 1.29 is 4.39 Å². The number of hydrogen-bond donors (Lipinski definition) is 0. The Morgan fingerprint density at radius 3 is 2.79 bits per heavy atom. The highest BCUT2D eigenvalue weighted by atomic mass is 35.5. The number of rotatable bonds is 1. The van der Waals surface area contributed by atoms with Gasteiger partial charge < -0.3 is 0 Å². The first kappa shape index (κ1) is 9.09. The first-order chi connectivity index (χ1) is 6.79. The van der Waals surface area contributed by atoms with Gasteiger partial charge in [0, 0.05) is 24.2 Å². The summed E-state index contributed by atoms with van der Waals surface area (Å²) in [7, 11) is 0. The van der Waals surface area contributed by atoms with Gasteiger partial charge in [0.1, 0.15) is 11.5 Å². The largest absolute Gasteiger partial charge is 0.263 e. The quantitative estimate of drug-likeness (QED) is 0.720. The van der Waals surface area contributed by atoms with E-state index in [2.05, 4.69) is 9.97 Å².